The molecule has 1 aliphatic rings. The van der Waals surface area contributed by atoms with E-state index in [-0.39, 0.29) is 24.3 Å². The second-order valence-corrected chi connectivity index (χ2v) is 5.66. The van der Waals surface area contributed by atoms with Gasteiger partial charge in [-0.2, -0.15) is 0 Å². The summed E-state index contributed by atoms with van der Waals surface area (Å²) in [6, 6.07) is 3.71. The molecule has 0 unspecified atom stereocenters. The summed E-state index contributed by atoms with van der Waals surface area (Å²) in [6.07, 6.45) is 3.38. The maximum absolute atomic E-state index is 12.4. The van der Waals surface area contributed by atoms with Crippen molar-refractivity contribution in [1.82, 2.24) is 15.2 Å². The predicted octanol–water partition coefficient (Wildman–Crippen LogP) is 0.294. The molecule has 2 heterocycles. The van der Waals surface area contributed by atoms with Gasteiger partial charge in [-0.05, 0) is 32.4 Å². The fraction of sp³-hybridized carbons (Fsp3) is 0.562. The van der Waals surface area contributed by atoms with Gasteiger partial charge in [-0.1, -0.05) is 6.07 Å². The van der Waals surface area contributed by atoms with E-state index in [1.54, 1.807) is 6.20 Å². The van der Waals surface area contributed by atoms with Crippen molar-refractivity contribution in [3.63, 3.8) is 0 Å². The molecule has 0 saturated carbocycles. The number of hydrogen-bond donors (Lipinski definition) is 2. The quantitative estimate of drug-likeness (QED) is 0.753. The summed E-state index contributed by atoms with van der Waals surface area (Å²) in [7, 11) is 0. The second-order valence-electron chi connectivity index (χ2n) is 5.66. The Bertz CT molecular complexity index is 550. The Morgan fingerprint density at radius 2 is 2.35 bits per heavy atom. The fourth-order valence-electron chi connectivity index (χ4n) is 2.79. The van der Waals surface area contributed by atoms with Crippen LogP contribution in [0, 0.1) is 5.92 Å². The highest BCUT2D eigenvalue weighted by molar-refractivity contribution is 5.79. The van der Waals surface area contributed by atoms with Crippen molar-refractivity contribution in [3.05, 3.63) is 23.9 Å². The molecule has 1 fully saturated rings. The zero-order chi connectivity index (χ0) is 16.7. The summed E-state index contributed by atoms with van der Waals surface area (Å²) >= 11 is 0. The number of rotatable bonds is 7. The van der Waals surface area contributed by atoms with Gasteiger partial charge in [0.25, 0.3) is 0 Å². The van der Waals surface area contributed by atoms with Crippen molar-refractivity contribution in [3.8, 4) is 5.88 Å². The normalized spacial score (nSPS) is 18.4. The van der Waals surface area contributed by atoms with E-state index < -0.39 is 0 Å². The first-order valence-electron chi connectivity index (χ1n) is 7.95. The van der Waals surface area contributed by atoms with E-state index in [0.717, 1.165) is 24.9 Å². The lowest BCUT2D eigenvalue weighted by Gasteiger charge is -2.31. The van der Waals surface area contributed by atoms with Crippen molar-refractivity contribution in [1.29, 1.82) is 0 Å². The number of hydrogen-bond acceptors (Lipinski definition) is 5. The molecule has 7 heteroatoms. The molecular weight excluding hydrogens is 296 g/mol. The SMILES string of the molecule is CCOc1ncccc1CNC(=O)[C@H]1CCCN(CC(N)=O)C1. The Morgan fingerprint density at radius 1 is 1.52 bits per heavy atom. The first-order valence-corrected chi connectivity index (χ1v) is 7.95. The molecule has 1 aromatic heterocycles. The third kappa shape index (κ3) is 5.21. The number of carbonyl (C=O) groups excluding carboxylic acids is 2. The molecule has 126 valence electrons. The fourth-order valence-corrected chi connectivity index (χ4v) is 2.79. The van der Waals surface area contributed by atoms with Gasteiger partial charge in [0.2, 0.25) is 17.7 Å². The van der Waals surface area contributed by atoms with Crippen molar-refractivity contribution in [2.45, 2.75) is 26.3 Å². The first kappa shape index (κ1) is 17.2. The number of primary amides is 1. The van der Waals surface area contributed by atoms with Crippen molar-refractivity contribution in [2.24, 2.45) is 11.7 Å². The van der Waals surface area contributed by atoms with Crippen LogP contribution in [0.4, 0.5) is 0 Å². The zero-order valence-electron chi connectivity index (χ0n) is 13.5. The summed E-state index contributed by atoms with van der Waals surface area (Å²) < 4.78 is 5.45. The average molecular weight is 320 g/mol. The van der Waals surface area contributed by atoms with E-state index in [1.807, 2.05) is 24.0 Å². The maximum Gasteiger partial charge on any atom is 0.231 e. The molecule has 0 aliphatic carbocycles. The summed E-state index contributed by atoms with van der Waals surface area (Å²) in [4.78, 5) is 29.5. The summed E-state index contributed by atoms with van der Waals surface area (Å²) in [6.45, 7) is 4.40. The molecule has 3 N–H and O–H groups in total. The highest BCUT2D eigenvalue weighted by Gasteiger charge is 2.26. The van der Waals surface area contributed by atoms with Crippen LogP contribution in [-0.4, -0.2) is 47.9 Å². The van der Waals surface area contributed by atoms with Gasteiger partial charge in [0.15, 0.2) is 0 Å². The lowest BCUT2D eigenvalue weighted by atomic mass is 9.97. The van der Waals surface area contributed by atoms with Crippen LogP contribution in [0.2, 0.25) is 0 Å². The Morgan fingerprint density at radius 3 is 3.09 bits per heavy atom. The van der Waals surface area contributed by atoms with Gasteiger partial charge in [-0.25, -0.2) is 4.98 Å². The summed E-state index contributed by atoms with van der Waals surface area (Å²) in [5.74, 6) is 0.0675. The number of amides is 2. The molecule has 7 nitrogen and oxygen atoms in total. The minimum atomic E-state index is -0.359. The Balaban J connectivity index is 1.88. The molecule has 0 aromatic carbocycles. The molecule has 2 amide bonds. The molecule has 23 heavy (non-hydrogen) atoms. The number of pyridine rings is 1. The highest BCUT2D eigenvalue weighted by atomic mass is 16.5. The Kier molecular flexibility index (Phi) is 6.34. The number of aromatic nitrogens is 1. The van der Waals surface area contributed by atoms with Crippen molar-refractivity contribution < 1.29 is 14.3 Å². The van der Waals surface area contributed by atoms with E-state index in [9.17, 15) is 9.59 Å². The smallest absolute Gasteiger partial charge is 0.231 e. The minimum absolute atomic E-state index is 0.00882. The van der Waals surface area contributed by atoms with E-state index in [1.165, 1.54) is 0 Å². The molecule has 0 spiro atoms. The van der Waals surface area contributed by atoms with Crippen molar-refractivity contribution >= 4 is 11.8 Å². The number of nitrogens with one attached hydrogen (secondary N) is 1. The number of nitrogens with two attached hydrogens (primary N) is 1. The lowest BCUT2D eigenvalue weighted by molar-refractivity contribution is -0.128. The summed E-state index contributed by atoms with van der Waals surface area (Å²) in [5, 5.41) is 2.94. The molecule has 2 rings (SSSR count). The van der Waals surface area contributed by atoms with Gasteiger partial charge in [-0.15, -0.1) is 0 Å². The van der Waals surface area contributed by atoms with Crippen LogP contribution in [0.5, 0.6) is 5.88 Å². The number of carbonyl (C=O) groups is 2. The largest absolute Gasteiger partial charge is 0.478 e. The van der Waals surface area contributed by atoms with Crippen LogP contribution in [0.1, 0.15) is 25.3 Å². The van der Waals surface area contributed by atoms with E-state index in [2.05, 4.69) is 10.3 Å². The third-order valence-corrected chi connectivity index (χ3v) is 3.84. The van der Waals surface area contributed by atoms with Gasteiger partial charge in [-0.3, -0.25) is 14.5 Å². The monoisotopic (exact) mass is 320 g/mol. The summed E-state index contributed by atoms with van der Waals surface area (Å²) in [5.41, 5.74) is 6.08. The zero-order valence-corrected chi connectivity index (χ0v) is 13.5. The van der Waals surface area contributed by atoms with Gasteiger partial charge < -0.3 is 15.8 Å². The molecule has 0 radical (unpaired) electrons. The van der Waals surface area contributed by atoms with E-state index >= 15 is 0 Å². The maximum atomic E-state index is 12.4. The molecule has 0 bridgehead atoms. The van der Waals surface area contributed by atoms with Gasteiger partial charge in [0.1, 0.15) is 0 Å². The van der Waals surface area contributed by atoms with Gasteiger partial charge >= 0.3 is 0 Å². The van der Waals surface area contributed by atoms with Crippen molar-refractivity contribution in [2.75, 3.05) is 26.2 Å². The van der Waals surface area contributed by atoms with Crippen LogP contribution in [0.3, 0.4) is 0 Å². The predicted molar refractivity (Wildman–Crippen MR) is 85.6 cm³/mol. The second kappa shape index (κ2) is 8.47. The standard InChI is InChI=1S/C16H24N4O3/c1-2-23-16-12(5-3-7-18-16)9-19-15(22)13-6-4-8-20(10-13)11-14(17)21/h3,5,7,13H,2,4,6,8-11H2,1H3,(H2,17,21)(H,19,22)/t13-/m0/s1. The number of piperidine rings is 1. The molecule has 1 atom stereocenters. The average Bonchev–Trinajstić information content (AvgIpc) is 2.53. The lowest BCUT2D eigenvalue weighted by Crippen LogP contribution is -2.45. The Labute approximate surface area is 136 Å². The molecule has 1 aliphatic heterocycles. The van der Waals surface area contributed by atoms with Crippen LogP contribution >= 0.6 is 0 Å². The minimum Gasteiger partial charge on any atom is -0.478 e. The van der Waals surface area contributed by atoms with Crippen LogP contribution in [0.15, 0.2) is 18.3 Å². The first-order chi connectivity index (χ1) is 11.1. The van der Waals surface area contributed by atoms with Crippen LogP contribution in [-0.2, 0) is 16.1 Å². The molecule has 1 saturated heterocycles. The molecule has 1 aromatic rings. The molecular formula is C16H24N4O3. The number of ether oxygens (including phenoxy) is 1. The Hall–Kier alpha value is -2.15. The van der Waals surface area contributed by atoms with E-state index in [0.29, 0.717) is 25.6 Å². The van der Waals surface area contributed by atoms with Gasteiger partial charge in [0.05, 0.1) is 19.1 Å². The van der Waals surface area contributed by atoms with Gasteiger partial charge in [0, 0.05) is 24.8 Å². The highest BCUT2D eigenvalue weighted by Crippen LogP contribution is 2.18. The van der Waals surface area contributed by atoms with E-state index in [4.69, 9.17) is 10.5 Å². The van der Waals surface area contributed by atoms with Crippen LogP contribution < -0.4 is 15.8 Å². The van der Waals surface area contributed by atoms with Crippen LogP contribution in [0.25, 0.3) is 0 Å². The number of likely N-dealkylation sites (tertiary alicyclic amines) is 1. The number of nitrogens with zero attached hydrogens (tertiary/aromatic N) is 2. The topological polar surface area (TPSA) is 97.6 Å². The third-order valence-electron chi connectivity index (χ3n) is 3.84.